The molecule has 0 unspecified atom stereocenters. The Hall–Kier alpha value is -1.46. The number of pyridine rings is 1. The van der Waals surface area contributed by atoms with Crippen LogP contribution in [0.15, 0.2) is 30.5 Å². The number of fused-ring (bicyclic) bond motifs is 1. The standard InChI is InChI=1S/C15H17BFNO2/c1-14(2)15(3,4)20-16(19-14)11-8-7-10-6-5-9-18-13(10)12(11)17/h5-9H,1-4H3. The summed E-state index contributed by atoms with van der Waals surface area (Å²) in [6, 6.07) is 7.17. The van der Waals surface area contributed by atoms with Gasteiger partial charge in [0.05, 0.1) is 11.2 Å². The van der Waals surface area contributed by atoms with Crippen LogP contribution in [0.3, 0.4) is 0 Å². The van der Waals surface area contributed by atoms with Crippen molar-refractivity contribution in [2.75, 3.05) is 0 Å². The largest absolute Gasteiger partial charge is 0.497 e. The third-order valence-corrected chi connectivity index (χ3v) is 4.25. The van der Waals surface area contributed by atoms with Gasteiger partial charge in [0, 0.05) is 17.0 Å². The van der Waals surface area contributed by atoms with Crippen molar-refractivity contribution in [3.63, 3.8) is 0 Å². The van der Waals surface area contributed by atoms with Gasteiger partial charge in [-0.3, -0.25) is 4.98 Å². The minimum atomic E-state index is -0.702. The highest BCUT2D eigenvalue weighted by atomic mass is 19.1. The number of hydrogen-bond acceptors (Lipinski definition) is 3. The molecule has 0 radical (unpaired) electrons. The van der Waals surface area contributed by atoms with Crippen LogP contribution in [0, 0.1) is 5.82 Å². The zero-order chi connectivity index (χ0) is 14.5. The number of hydrogen-bond donors (Lipinski definition) is 0. The Morgan fingerprint density at radius 2 is 1.70 bits per heavy atom. The van der Waals surface area contributed by atoms with Gasteiger partial charge < -0.3 is 9.31 Å². The van der Waals surface area contributed by atoms with Crippen molar-refractivity contribution in [3.05, 3.63) is 36.3 Å². The first-order valence-corrected chi connectivity index (χ1v) is 6.71. The molecule has 0 N–H and O–H groups in total. The van der Waals surface area contributed by atoms with E-state index in [-0.39, 0.29) is 5.82 Å². The molecule has 1 fully saturated rings. The van der Waals surface area contributed by atoms with Crippen LogP contribution in [0.1, 0.15) is 27.7 Å². The predicted molar refractivity (Wildman–Crippen MR) is 77.4 cm³/mol. The molecule has 104 valence electrons. The zero-order valence-electron chi connectivity index (χ0n) is 12.1. The van der Waals surface area contributed by atoms with Crippen LogP contribution in [0.4, 0.5) is 4.39 Å². The second-order valence-corrected chi connectivity index (χ2v) is 6.13. The molecule has 2 heterocycles. The molecule has 1 aliphatic heterocycles. The fourth-order valence-corrected chi connectivity index (χ4v) is 2.28. The van der Waals surface area contributed by atoms with Crippen LogP contribution in [-0.2, 0) is 9.31 Å². The first kappa shape index (κ1) is 13.5. The van der Waals surface area contributed by atoms with E-state index in [1.165, 1.54) is 0 Å². The summed E-state index contributed by atoms with van der Waals surface area (Å²) in [7, 11) is -0.702. The van der Waals surface area contributed by atoms with Gasteiger partial charge in [-0.05, 0) is 33.8 Å². The van der Waals surface area contributed by atoms with Gasteiger partial charge in [-0.1, -0.05) is 18.2 Å². The van der Waals surface area contributed by atoms with E-state index in [1.54, 1.807) is 18.3 Å². The summed E-state index contributed by atoms with van der Waals surface area (Å²) in [5, 5.41) is 0.769. The molecule has 1 saturated heterocycles. The van der Waals surface area contributed by atoms with Gasteiger partial charge in [-0.15, -0.1) is 0 Å². The molecule has 3 rings (SSSR count). The summed E-state index contributed by atoms with van der Waals surface area (Å²) in [6.07, 6.45) is 1.58. The lowest BCUT2D eigenvalue weighted by molar-refractivity contribution is 0.00578. The summed E-state index contributed by atoms with van der Waals surface area (Å²) < 4.78 is 26.4. The lowest BCUT2D eigenvalue weighted by Crippen LogP contribution is -2.41. The van der Waals surface area contributed by atoms with E-state index >= 15 is 0 Å². The van der Waals surface area contributed by atoms with Crippen LogP contribution in [0.2, 0.25) is 0 Å². The molecule has 0 amide bonds. The van der Waals surface area contributed by atoms with Crippen molar-refractivity contribution < 1.29 is 13.7 Å². The van der Waals surface area contributed by atoms with E-state index in [0.29, 0.717) is 11.0 Å². The molecule has 20 heavy (non-hydrogen) atoms. The molecule has 1 aromatic heterocycles. The van der Waals surface area contributed by atoms with Crippen LogP contribution in [-0.4, -0.2) is 23.3 Å². The summed E-state index contributed by atoms with van der Waals surface area (Å²) in [5.74, 6) is -0.374. The van der Waals surface area contributed by atoms with Gasteiger partial charge in [0.15, 0.2) is 0 Å². The first-order chi connectivity index (χ1) is 9.32. The fourth-order valence-electron chi connectivity index (χ4n) is 2.28. The molecular formula is C15H17BFNO2. The van der Waals surface area contributed by atoms with Crippen molar-refractivity contribution in [3.8, 4) is 0 Å². The molecule has 5 heteroatoms. The maximum atomic E-state index is 14.6. The minimum absolute atomic E-state index is 0.347. The topological polar surface area (TPSA) is 31.4 Å². The SMILES string of the molecule is CC1(C)OB(c2ccc3cccnc3c2F)OC1(C)C. The van der Waals surface area contributed by atoms with Crippen molar-refractivity contribution >= 4 is 23.5 Å². The second-order valence-electron chi connectivity index (χ2n) is 6.13. The first-order valence-electron chi connectivity index (χ1n) is 6.71. The third-order valence-electron chi connectivity index (χ3n) is 4.25. The van der Waals surface area contributed by atoms with Crippen molar-refractivity contribution in [2.24, 2.45) is 0 Å². The number of halogens is 1. The maximum Gasteiger partial charge on any atom is 0.497 e. The van der Waals surface area contributed by atoms with E-state index < -0.39 is 18.3 Å². The summed E-state index contributed by atoms with van der Waals surface area (Å²) in [5.41, 5.74) is -0.221. The van der Waals surface area contributed by atoms with E-state index in [9.17, 15) is 4.39 Å². The zero-order valence-corrected chi connectivity index (χ0v) is 12.1. The average molecular weight is 273 g/mol. The maximum absolute atomic E-state index is 14.6. The van der Waals surface area contributed by atoms with Gasteiger partial charge in [0.25, 0.3) is 0 Å². The van der Waals surface area contributed by atoms with Crippen molar-refractivity contribution in [2.45, 2.75) is 38.9 Å². The van der Waals surface area contributed by atoms with Crippen LogP contribution < -0.4 is 5.46 Å². The summed E-state index contributed by atoms with van der Waals surface area (Å²) in [6.45, 7) is 7.79. The summed E-state index contributed by atoms with van der Waals surface area (Å²) in [4.78, 5) is 4.10. The summed E-state index contributed by atoms with van der Waals surface area (Å²) >= 11 is 0. The van der Waals surface area contributed by atoms with Crippen LogP contribution >= 0.6 is 0 Å². The average Bonchev–Trinajstić information content (AvgIpc) is 2.59. The molecule has 0 saturated carbocycles. The lowest BCUT2D eigenvalue weighted by Gasteiger charge is -2.32. The number of rotatable bonds is 1. The van der Waals surface area contributed by atoms with Crippen molar-refractivity contribution in [1.29, 1.82) is 0 Å². The molecule has 2 aromatic rings. The number of benzene rings is 1. The van der Waals surface area contributed by atoms with Crippen LogP contribution in [0.5, 0.6) is 0 Å². The highest BCUT2D eigenvalue weighted by Gasteiger charge is 2.52. The molecule has 0 spiro atoms. The Balaban J connectivity index is 2.06. The Kier molecular flexibility index (Phi) is 2.89. The number of nitrogens with zero attached hydrogens (tertiary/aromatic N) is 1. The molecule has 1 aromatic carbocycles. The minimum Gasteiger partial charge on any atom is -0.399 e. The normalized spacial score (nSPS) is 20.6. The van der Waals surface area contributed by atoms with E-state index in [0.717, 1.165) is 5.39 Å². The van der Waals surface area contributed by atoms with Gasteiger partial charge in [-0.25, -0.2) is 4.39 Å². The van der Waals surface area contributed by atoms with E-state index in [1.807, 2.05) is 39.8 Å². The third kappa shape index (κ3) is 1.93. The fraction of sp³-hybridized carbons (Fsp3) is 0.400. The van der Waals surface area contributed by atoms with Gasteiger partial charge >= 0.3 is 7.12 Å². The molecule has 0 atom stereocenters. The van der Waals surface area contributed by atoms with Gasteiger partial charge in [0.2, 0.25) is 0 Å². The number of aromatic nitrogens is 1. The lowest BCUT2D eigenvalue weighted by atomic mass is 9.78. The highest BCUT2D eigenvalue weighted by Crippen LogP contribution is 2.36. The van der Waals surface area contributed by atoms with Crippen LogP contribution in [0.25, 0.3) is 10.9 Å². The molecule has 3 nitrogen and oxygen atoms in total. The Labute approximate surface area is 118 Å². The Morgan fingerprint density at radius 3 is 2.35 bits per heavy atom. The van der Waals surface area contributed by atoms with E-state index in [2.05, 4.69) is 4.98 Å². The molecular weight excluding hydrogens is 256 g/mol. The monoisotopic (exact) mass is 273 g/mol. The highest BCUT2D eigenvalue weighted by molar-refractivity contribution is 6.62. The molecule has 0 bridgehead atoms. The molecule has 0 aliphatic carbocycles. The van der Waals surface area contributed by atoms with Gasteiger partial charge in [0.1, 0.15) is 11.3 Å². The Morgan fingerprint density at radius 1 is 1.05 bits per heavy atom. The second kappa shape index (κ2) is 4.27. The predicted octanol–water partition coefficient (Wildman–Crippen LogP) is 2.67. The molecule has 1 aliphatic rings. The van der Waals surface area contributed by atoms with E-state index in [4.69, 9.17) is 9.31 Å². The quantitative estimate of drug-likeness (QED) is 0.748. The van der Waals surface area contributed by atoms with Gasteiger partial charge in [-0.2, -0.15) is 0 Å². The Bertz CT molecular complexity index is 656. The van der Waals surface area contributed by atoms with Crippen molar-refractivity contribution in [1.82, 2.24) is 4.98 Å². The smallest absolute Gasteiger partial charge is 0.399 e.